The molecule has 1 heterocycles. The number of carbonyl (C=O) groups is 2. The van der Waals surface area contributed by atoms with Gasteiger partial charge in [-0.1, -0.05) is 16.8 Å². The average Bonchev–Trinajstić information content (AvgIpc) is 3.27. The Balaban J connectivity index is 1.48. The number of ether oxygens (including phenoxy) is 2. The Morgan fingerprint density at radius 1 is 1.21 bits per heavy atom. The first-order valence-electron chi connectivity index (χ1n) is 9.81. The number of aromatic nitrogens is 2. The lowest BCUT2D eigenvalue weighted by Gasteiger charge is -2.08. The zero-order valence-corrected chi connectivity index (χ0v) is 18.2. The monoisotopic (exact) mass is 474 g/mol. The minimum Gasteiger partial charge on any atom is -0.494 e. The van der Waals surface area contributed by atoms with Crippen LogP contribution < -0.4 is 10.1 Å². The molecule has 12 heteroatoms. The van der Waals surface area contributed by atoms with E-state index in [2.05, 4.69) is 15.5 Å². The third-order valence-electron chi connectivity index (χ3n) is 4.23. The molecule has 0 aliphatic rings. The Morgan fingerprint density at radius 3 is 2.67 bits per heavy atom. The van der Waals surface area contributed by atoms with Gasteiger partial charge in [-0.15, -0.1) is 0 Å². The van der Waals surface area contributed by atoms with E-state index in [1.807, 2.05) is 0 Å². The van der Waals surface area contributed by atoms with E-state index >= 15 is 0 Å². The Hall–Kier alpha value is -3.99. The summed E-state index contributed by atoms with van der Waals surface area (Å²) in [5, 5.41) is 18.0. The van der Waals surface area contributed by atoms with E-state index in [4.69, 9.17) is 25.6 Å². The highest BCUT2D eigenvalue weighted by atomic mass is 35.5. The van der Waals surface area contributed by atoms with Crippen molar-refractivity contribution in [2.45, 2.75) is 19.8 Å². The smallest absolute Gasteiger partial charge is 0.306 e. The van der Waals surface area contributed by atoms with Crippen molar-refractivity contribution in [3.63, 3.8) is 0 Å². The maximum atomic E-state index is 12.1. The zero-order chi connectivity index (χ0) is 23.8. The van der Waals surface area contributed by atoms with Gasteiger partial charge in [0.25, 0.3) is 11.6 Å². The van der Waals surface area contributed by atoms with Gasteiger partial charge < -0.3 is 19.3 Å². The lowest BCUT2D eigenvalue weighted by Crippen LogP contribution is -2.21. The number of nitro benzene ring substituents is 1. The molecule has 0 aliphatic carbocycles. The standard InChI is InChI=1S/C21H19ClN4O7/c1-2-31-15-7-8-16(17(11-15)26(29)30)23-18(27)12-32-20(28)10-9-19-24-21(25-33-19)13-3-5-14(22)6-4-13/h3-8,11H,2,9-10,12H2,1H3,(H,23,27). The number of nitro groups is 1. The molecular formula is C21H19ClN4O7. The molecule has 0 saturated carbocycles. The number of nitrogens with zero attached hydrogens (tertiary/aromatic N) is 3. The van der Waals surface area contributed by atoms with Gasteiger partial charge in [-0.05, 0) is 43.3 Å². The van der Waals surface area contributed by atoms with Crippen molar-refractivity contribution in [1.82, 2.24) is 10.1 Å². The summed E-state index contributed by atoms with van der Waals surface area (Å²) in [6.07, 6.45) is 0.0180. The van der Waals surface area contributed by atoms with Gasteiger partial charge in [0.15, 0.2) is 6.61 Å². The van der Waals surface area contributed by atoms with E-state index in [0.717, 1.165) is 0 Å². The van der Waals surface area contributed by atoms with Crippen molar-refractivity contribution in [2.75, 3.05) is 18.5 Å². The van der Waals surface area contributed by atoms with Crippen molar-refractivity contribution >= 4 is 34.9 Å². The molecule has 1 amide bonds. The second-order valence-electron chi connectivity index (χ2n) is 6.60. The van der Waals surface area contributed by atoms with Crippen LogP contribution in [0, 0.1) is 10.1 Å². The number of halogens is 1. The number of carbonyl (C=O) groups excluding carboxylic acids is 2. The quantitative estimate of drug-likeness (QED) is 0.263. The summed E-state index contributed by atoms with van der Waals surface area (Å²) >= 11 is 5.85. The highest BCUT2D eigenvalue weighted by molar-refractivity contribution is 6.30. The Morgan fingerprint density at radius 2 is 1.97 bits per heavy atom. The van der Waals surface area contributed by atoms with Crippen molar-refractivity contribution in [3.8, 4) is 17.1 Å². The fourth-order valence-electron chi connectivity index (χ4n) is 2.71. The van der Waals surface area contributed by atoms with Crippen LogP contribution in [0.3, 0.4) is 0 Å². The Kier molecular flexibility index (Phi) is 7.92. The topological polar surface area (TPSA) is 147 Å². The number of nitrogens with one attached hydrogen (secondary N) is 1. The third kappa shape index (κ3) is 6.74. The molecule has 11 nitrogen and oxygen atoms in total. The molecule has 1 N–H and O–H groups in total. The Bertz CT molecular complexity index is 1150. The molecule has 0 radical (unpaired) electrons. The van der Waals surface area contributed by atoms with E-state index in [0.29, 0.717) is 28.8 Å². The molecule has 2 aromatic carbocycles. The normalized spacial score (nSPS) is 10.5. The summed E-state index contributed by atoms with van der Waals surface area (Å²) in [5.41, 5.74) is 0.329. The number of anilines is 1. The van der Waals surface area contributed by atoms with E-state index in [-0.39, 0.29) is 30.1 Å². The van der Waals surface area contributed by atoms with E-state index < -0.39 is 23.4 Å². The van der Waals surface area contributed by atoms with Crippen LogP contribution in [0.2, 0.25) is 5.02 Å². The van der Waals surface area contributed by atoms with Crippen molar-refractivity contribution in [3.05, 3.63) is 63.5 Å². The van der Waals surface area contributed by atoms with Gasteiger partial charge in [0.1, 0.15) is 11.4 Å². The lowest BCUT2D eigenvalue weighted by atomic mass is 10.2. The number of aryl methyl sites for hydroxylation is 1. The summed E-state index contributed by atoms with van der Waals surface area (Å²) in [5.74, 6) is -0.511. The highest BCUT2D eigenvalue weighted by Gasteiger charge is 2.18. The molecule has 0 aliphatic heterocycles. The number of rotatable bonds is 10. The molecule has 3 aromatic rings. The minimum atomic E-state index is -0.724. The van der Waals surface area contributed by atoms with Crippen LogP contribution in [0.25, 0.3) is 11.4 Å². The predicted molar refractivity (Wildman–Crippen MR) is 117 cm³/mol. The lowest BCUT2D eigenvalue weighted by molar-refractivity contribution is -0.384. The molecule has 1 aromatic heterocycles. The minimum absolute atomic E-state index is 0.0370. The van der Waals surface area contributed by atoms with Crippen LogP contribution in [0.15, 0.2) is 47.0 Å². The largest absolute Gasteiger partial charge is 0.494 e. The van der Waals surface area contributed by atoms with Crippen molar-refractivity contribution < 1.29 is 28.5 Å². The molecule has 33 heavy (non-hydrogen) atoms. The first kappa shape index (κ1) is 23.7. The second-order valence-corrected chi connectivity index (χ2v) is 7.03. The van der Waals surface area contributed by atoms with Crippen LogP contribution in [0.4, 0.5) is 11.4 Å². The fraction of sp³-hybridized carbons (Fsp3) is 0.238. The van der Waals surface area contributed by atoms with Crippen LogP contribution >= 0.6 is 11.6 Å². The van der Waals surface area contributed by atoms with Gasteiger partial charge in [0.05, 0.1) is 24.0 Å². The maximum absolute atomic E-state index is 12.1. The summed E-state index contributed by atoms with van der Waals surface area (Å²) in [6, 6.07) is 10.9. The van der Waals surface area contributed by atoms with E-state index in [9.17, 15) is 19.7 Å². The van der Waals surface area contributed by atoms with E-state index in [1.165, 1.54) is 18.2 Å². The molecule has 0 unspecified atom stereocenters. The van der Waals surface area contributed by atoms with Crippen LogP contribution in [0.1, 0.15) is 19.2 Å². The molecule has 0 bridgehead atoms. The van der Waals surface area contributed by atoms with Gasteiger partial charge in [0.2, 0.25) is 11.7 Å². The third-order valence-corrected chi connectivity index (χ3v) is 4.48. The number of esters is 1. The van der Waals surface area contributed by atoms with Gasteiger partial charge in [-0.2, -0.15) is 4.98 Å². The Labute approximate surface area is 192 Å². The summed E-state index contributed by atoms with van der Waals surface area (Å²) in [6.45, 7) is 1.47. The average molecular weight is 475 g/mol. The summed E-state index contributed by atoms with van der Waals surface area (Å²) in [7, 11) is 0. The van der Waals surface area contributed by atoms with E-state index in [1.54, 1.807) is 31.2 Å². The SMILES string of the molecule is CCOc1ccc(NC(=O)COC(=O)CCc2nc(-c3ccc(Cl)cc3)no2)c([N+](=O)[O-])c1. The molecule has 0 spiro atoms. The summed E-state index contributed by atoms with van der Waals surface area (Å²) < 4.78 is 15.2. The van der Waals surface area contributed by atoms with Crippen LogP contribution in [-0.4, -0.2) is 40.2 Å². The first-order valence-corrected chi connectivity index (χ1v) is 10.2. The summed E-state index contributed by atoms with van der Waals surface area (Å²) in [4.78, 5) is 38.8. The van der Waals surface area contributed by atoms with Crippen LogP contribution in [0.5, 0.6) is 5.75 Å². The molecule has 0 atom stereocenters. The molecular weight excluding hydrogens is 456 g/mol. The fourth-order valence-corrected chi connectivity index (χ4v) is 2.84. The van der Waals surface area contributed by atoms with Gasteiger partial charge in [-0.25, -0.2) is 0 Å². The van der Waals surface area contributed by atoms with Gasteiger partial charge in [-0.3, -0.25) is 19.7 Å². The van der Waals surface area contributed by atoms with Gasteiger partial charge in [0, 0.05) is 17.0 Å². The predicted octanol–water partition coefficient (Wildman–Crippen LogP) is 3.81. The molecule has 0 fully saturated rings. The first-order chi connectivity index (χ1) is 15.9. The molecule has 172 valence electrons. The molecule has 3 rings (SSSR count). The zero-order valence-electron chi connectivity index (χ0n) is 17.4. The van der Waals surface area contributed by atoms with Crippen molar-refractivity contribution in [2.24, 2.45) is 0 Å². The second kappa shape index (κ2) is 11.0. The molecule has 0 saturated heterocycles. The van der Waals surface area contributed by atoms with Gasteiger partial charge >= 0.3 is 5.97 Å². The number of hydrogen-bond donors (Lipinski definition) is 1. The highest BCUT2D eigenvalue weighted by Crippen LogP contribution is 2.29. The number of amides is 1. The maximum Gasteiger partial charge on any atom is 0.306 e. The van der Waals surface area contributed by atoms with Crippen LogP contribution in [-0.2, 0) is 20.7 Å². The number of benzene rings is 2. The van der Waals surface area contributed by atoms with Crippen molar-refractivity contribution in [1.29, 1.82) is 0 Å². The number of hydrogen-bond acceptors (Lipinski definition) is 9.